The molecule has 0 heterocycles. The van der Waals surface area contributed by atoms with Gasteiger partial charge in [0.1, 0.15) is 19.0 Å². The number of hydrogen-bond donors (Lipinski definition) is 2. The van der Waals surface area contributed by atoms with Crippen LogP contribution in [0.5, 0.6) is 5.75 Å². The summed E-state index contributed by atoms with van der Waals surface area (Å²) in [6.07, 6.45) is -0.522. The predicted molar refractivity (Wildman–Crippen MR) is 77.8 cm³/mol. The summed E-state index contributed by atoms with van der Waals surface area (Å²) in [4.78, 5) is 11.5. The molecule has 0 aromatic heterocycles. The number of ether oxygens (including phenoxy) is 2. The third-order valence-corrected chi connectivity index (χ3v) is 2.49. The largest absolute Gasteiger partial charge is 0.490 e. The van der Waals surface area contributed by atoms with E-state index in [1.54, 1.807) is 24.3 Å². The lowest BCUT2D eigenvalue weighted by Gasteiger charge is -2.08. The molecule has 3 N–H and O–H groups in total. The van der Waals surface area contributed by atoms with Gasteiger partial charge < -0.3 is 15.2 Å². The van der Waals surface area contributed by atoms with E-state index < -0.39 is 6.09 Å². The van der Waals surface area contributed by atoms with Gasteiger partial charge in [-0.15, -0.1) is 0 Å². The zero-order valence-corrected chi connectivity index (χ0v) is 10.9. The number of para-hydroxylation sites is 1. The zero-order valence-electron chi connectivity index (χ0n) is 10.9. The Kier molecular flexibility index (Phi) is 4.83. The van der Waals surface area contributed by atoms with Crippen LogP contribution in [0.25, 0.3) is 0 Å². The Morgan fingerprint density at radius 1 is 1.00 bits per heavy atom. The van der Waals surface area contributed by atoms with Crippen LogP contribution in [0, 0.1) is 0 Å². The average molecular weight is 272 g/mol. The second-order valence-electron chi connectivity index (χ2n) is 4.04. The number of benzene rings is 2. The first-order valence-electron chi connectivity index (χ1n) is 6.21. The topological polar surface area (TPSA) is 73.6 Å². The van der Waals surface area contributed by atoms with Crippen molar-refractivity contribution in [2.45, 2.75) is 0 Å². The number of nitrogens with two attached hydrogens (primary N) is 1. The van der Waals surface area contributed by atoms with Crippen LogP contribution in [0.15, 0.2) is 54.6 Å². The van der Waals surface area contributed by atoms with Gasteiger partial charge in [0.05, 0.1) is 0 Å². The third kappa shape index (κ3) is 4.53. The molecule has 104 valence electrons. The molecule has 5 nitrogen and oxygen atoms in total. The highest BCUT2D eigenvalue weighted by molar-refractivity contribution is 5.84. The lowest BCUT2D eigenvalue weighted by Crippen LogP contribution is -2.17. The van der Waals surface area contributed by atoms with Gasteiger partial charge in [-0.25, -0.2) is 4.79 Å². The maximum atomic E-state index is 11.5. The summed E-state index contributed by atoms with van der Waals surface area (Å²) in [5.74, 6) is 0.745. The zero-order chi connectivity index (χ0) is 14.2. The van der Waals surface area contributed by atoms with Gasteiger partial charge >= 0.3 is 6.09 Å². The van der Waals surface area contributed by atoms with Crippen LogP contribution in [-0.2, 0) is 4.74 Å². The number of anilines is 2. The number of hydrogen-bond acceptors (Lipinski definition) is 4. The Balaban J connectivity index is 1.66. The van der Waals surface area contributed by atoms with Crippen LogP contribution >= 0.6 is 0 Å². The van der Waals surface area contributed by atoms with E-state index in [0.29, 0.717) is 18.0 Å². The molecule has 20 heavy (non-hydrogen) atoms. The second kappa shape index (κ2) is 7.04. The summed E-state index contributed by atoms with van der Waals surface area (Å²) >= 11 is 0. The van der Waals surface area contributed by atoms with E-state index in [1.807, 2.05) is 30.3 Å². The van der Waals surface area contributed by atoms with Crippen molar-refractivity contribution < 1.29 is 14.3 Å². The molecule has 0 unspecified atom stereocenters. The molecule has 0 bridgehead atoms. The van der Waals surface area contributed by atoms with E-state index in [4.69, 9.17) is 15.2 Å². The molecular formula is C15H16N2O3. The first-order chi connectivity index (χ1) is 9.74. The Morgan fingerprint density at radius 2 is 1.70 bits per heavy atom. The summed E-state index contributed by atoms with van der Waals surface area (Å²) in [6.45, 7) is 0.481. The molecule has 2 rings (SSSR count). The van der Waals surface area contributed by atoms with Crippen molar-refractivity contribution in [1.82, 2.24) is 0 Å². The normalized spacial score (nSPS) is 9.80. The molecular weight excluding hydrogens is 256 g/mol. The third-order valence-electron chi connectivity index (χ3n) is 2.49. The molecule has 0 aliphatic heterocycles. The number of rotatable bonds is 5. The summed E-state index contributed by atoms with van der Waals surface area (Å²) < 4.78 is 10.4. The monoisotopic (exact) mass is 272 g/mol. The minimum atomic E-state index is -0.522. The Bertz CT molecular complexity index is 541. The van der Waals surface area contributed by atoms with Crippen LogP contribution < -0.4 is 15.8 Å². The quantitative estimate of drug-likeness (QED) is 0.648. The van der Waals surface area contributed by atoms with E-state index in [9.17, 15) is 4.79 Å². The number of carbonyl (C=O) groups excluding carboxylic acids is 1. The molecule has 0 aliphatic carbocycles. The predicted octanol–water partition coefficient (Wildman–Crippen LogP) is 2.90. The fourth-order valence-electron chi connectivity index (χ4n) is 1.53. The van der Waals surface area contributed by atoms with Gasteiger partial charge in [0, 0.05) is 11.4 Å². The number of amides is 1. The van der Waals surface area contributed by atoms with Crippen molar-refractivity contribution in [3.63, 3.8) is 0 Å². The highest BCUT2D eigenvalue weighted by atomic mass is 16.6. The molecule has 0 fully saturated rings. The lowest BCUT2D eigenvalue weighted by atomic mass is 10.3. The molecule has 0 radical (unpaired) electrons. The van der Waals surface area contributed by atoms with Gasteiger partial charge in [0.2, 0.25) is 0 Å². The Hall–Kier alpha value is -2.69. The van der Waals surface area contributed by atoms with Crippen molar-refractivity contribution in [3.8, 4) is 5.75 Å². The van der Waals surface area contributed by atoms with E-state index in [-0.39, 0.29) is 6.61 Å². The van der Waals surface area contributed by atoms with E-state index in [0.717, 1.165) is 5.75 Å². The van der Waals surface area contributed by atoms with Crippen LogP contribution in [0.3, 0.4) is 0 Å². The van der Waals surface area contributed by atoms with E-state index in [2.05, 4.69) is 5.32 Å². The van der Waals surface area contributed by atoms with Crippen molar-refractivity contribution in [3.05, 3.63) is 54.6 Å². The molecule has 2 aromatic rings. The molecule has 0 saturated heterocycles. The van der Waals surface area contributed by atoms with Crippen LogP contribution in [0.2, 0.25) is 0 Å². The van der Waals surface area contributed by atoms with Crippen LogP contribution in [0.4, 0.5) is 16.2 Å². The molecule has 0 spiro atoms. The van der Waals surface area contributed by atoms with Gasteiger partial charge in [-0.1, -0.05) is 18.2 Å². The number of nitrogen functional groups attached to an aromatic ring is 1. The summed E-state index contributed by atoms with van der Waals surface area (Å²) in [6, 6.07) is 16.2. The number of nitrogens with one attached hydrogen (secondary N) is 1. The van der Waals surface area contributed by atoms with Crippen molar-refractivity contribution in [2.75, 3.05) is 24.3 Å². The van der Waals surface area contributed by atoms with E-state index in [1.165, 1.54) is 0 Å². The molecule has 5 heteroatoms. The molecule has 0 saturated carbocycles. The smallest absolute Gasteiger partial charge is 0.411 e. The number of carbonyl (C=O) groups is 1. The highest BCUT2D eigenvalue weighted by Crippen LogP contribution is 2.11. The van der Waals surface area contributed by atoms with Crippen molar-refractivity contribution in [2.24, 2.45) is 0 Å². The Morgan fingerprint density at radius 3 is 2.40 bits per heavy atom. The first-order valence-corrected chi connectivity index (χ1v) is 6.21. The average Bonchev–Trinajstić information content (AvgIpc) is 2.47. The fraction of sp³-hybridized carbons (Fsp3) is 0.133. The highest BCUT2D eigenvalue weighted by Gasteiger charge is 2.02. The van der Waals surface area contributed by atoms with Gasteiger partial charge in [-0.2, -0.15) is 0 Å². The molecule has 2 aromatic carbocycles. The molecule has 0 atom stereocenters. The van der Waals surface area contributed by atoms with E-state index >= 15 is 0 Å². The van der Waals surface area contributed by atoms with Crippen LogP contribution in [0.1, 0.15) is 0 Å². The van der Waals surface area contributed by atoms with Gasteiger partial charge in [0.25, 0.3) is 0 Å². The van der Waals surface area contributed by atoms with Gasteiger partial charge in [-0.3, -0.25) is 5.32 Å². The SMILES string of the molecule is Nc1ccc(NC(=O)OCCOc2ccccc2)cc1. The van der Waals surface area contributed by atoms with Crippen molar-refractivity contribution >= 4 is 17.5 Å². The van der Waals surface area contributed by atoms with Gasteiger partial charge in [0.15, 0.2) is 0 Å². The second-order valence-corrected chi connectivity index (χ2v) is 4.04. The lowest BCUT2D eigenvalue weighted by molar-refractivity contribution is 0.138. The van der Waals surface area contributed by atoms with Gasteiger partial charge in [-0.05, 0) is 36.4 Å². The maximum absolute atomic E-state index is 11.5. The first kappa shape index (κ1) is 13.7. The summed E-state index contributed by atoms with van der Waals surface area (Å²) in [7, 11) is 0. The fourth-order valence-corrected chi connectivity index (χ4v) is 1.53. The maximum Gasteiger partial charge on any atom is 0.411 e. The minimum absolute atomic E-state index is 0.176. The standard InChI is InChI=1S/C15H16N2O3/c16-12-6-8-13(9-7-12)17-15(18)20-11-10-19-14-4-2-1-3-5-14/h1-9H,10-11,16H2,(H,17,18). The molecule has 1 amide bonds. The Labute approximate surface area is 117 Å². The molecule has 0 aliphatic rings. The van der Waals surface area contributed by atoms with Crippen LogP contribution in [-0.4, -0.2) is 19.3 Å². The minimum Gasteiger partial charge on any atom is -0.490 e. The van der Waals surface area contributed by atoms with Crippen molar-refractivity contribution in [1.29, 1.82) is 0 Å². The summed E-state index contributed by atoms with van der Waals surface area (Å²) in [5.41, 5.74) is 6.82. The summed E-state index contributed by atoms with van der Waals surface area (Å²) in [5, 5.41) is 2.60.